The Morgan fingerprint density at radius 3 is 2.59 bits per heavy atom. The third-order valence-corrected chi connectivity index (χ3v) is 3.70. The smallest absolute Gasteiger partial charge is 0.407 e. The Balaban J connectivity index is 2.13. The van der Waals surface area contributed by atoms with Crippen molar-refractivity contribution in [3.8, 4) is 0 Å². The molecule has 2 atom stereocenters. The summed E-state index contributed by atoms with van der Waals surface area (Å²) in [6.45, 7) is 5.46. The average molecular weight is 305 g/mol. The second-order valence-electron chi connectivity index (χ2n) is 6.54. The number of amides is 1. The maximum atomic E-state index is 12.0. The van der Waals surface area contributed by atoms with Crippen molar-refractivity contribution < 1.29 is 19.1 Å². The van der Waals surface area contributed by atoms with Gasteiger partial charge in [-0.1, -0.05) is 24.3 Å². The third-order valence-electron chi connectivity index (χ3n) is 3.70. The maximum Gasteiger partial charge on any atom is 0.407 e. The normalized spacial score (nSPS) is 20.2. The number of carbonyl (C=O) groups is 2. The van der Waals surface area contributed by atoms with Crippen molar-refractivity contribution in [3.05, 3.63) is 35.4 Å². The lowest BCUT2D eigenvalue weighted by Crippen LogP contribution is -2.41. The monoisotopic (exact) mass is 305 g/mol. The highest BCUT2D eigenvalue weighted by Crippen LogP contribution is 2.36. The number of fused-ring (bicyclic) bond motifs is 1. The molecule has 0 fully saturated rings. The van der Waals surface area contributed by atoms with Gasteiger partial charge >= 0.3 is 12.1 Å². The van der Waals surface area contributed by atoms with E-state index in [2.05, 4.69) is 5.32 Å². The second-order valence-corrected chi connectivity index (χ2v) is 6.54. The summed E-state index contributed by atoms with van der Waals surface area (Å²) in [5.74, 6) is -0.367. The molecule has 5 heteroatoms. The van der Waals surface area contributed by atoms with Crippen LogP contribution in [0.15, 0.2) is 24.3 Å². The van der Waals surface area contributed by atoms with E-state index in [4.69, 9.17) is 9.47 Å². The van der Waals surface area contributed by atoms with Crippen LogP contribution in [-0.4, -0.2) is 30.8 Å². The first-order valence-electron chi connectivity index (χ1n) is 7.44. The Labute approximate surface area is 131 Å². The summed E-state index contributed by atoms with van der Waals surface area (Å²) in [6, 6.07) is 7.77. The lowest BCUT2D eigenvalue weighted by Gasteiger charge is -2.24. The summed E-state index contributed by atoms with van der Waals surface area (Å²) in [5.41, 5.74) is 1.69. The molecule has 1 amide bonds. The van der Waals surface area contributed by atoms with Crippen molar-refractivity contribution in [2.75, 3.05) is 7.11 Å². The molecule has 1 aromatic rings. The number of carbonyl (C=O) groups excluding carboxylic acids is 2. The minimum atomic E-state index is -0.548. The van der Waals surface area contributed by atoms with E-state index in [-0.39, 0.29) is 24.3 Å². The minimum Gasteiger partial charge on any atom is -0.469 e. The van der Waals surface area contributed by atoms with E-state index in [9.17, 15) is 9.59 Å². The molecule has 0 heterocycles. The molecule has 120 valence electrons. The Morgan fingerprint density at radius 1 is 1.27 bits per heavy atom. The number of methoxy groups -OCH3 is 1. The third kappa shape index (κ3) is 4.00. The van der Waals surface area contributed by atoms with Crippen LogP contribution < -0.4 is 5.32 Å². The van der Waals surface area contributed by atoms with Crippen molar-refractivity contribution in [2.45, 2.75) is 51.2 Å². The van der Waals surface area contributed by atoms with Crippen LogP contribution in [0.4, 0.5) is 4.79 Å². The first kappa shape index (κ1) is 16.3. The van der Waals surface area contributed by atoms with E-state index in [1.165, 1.54) is 7.11 Å². The van der Waals surface area contributed by atoms with Crippen molar-refractivity contribution in [1.29, 1.82) is 0 Å². The van der Waals surface area contributed by atoms with Gasteiger partial charge in [0.05, 0.1) is 13.5 Å². The molecule has 0 saturated carbocycles. The highest BCUT2D eigenvalue weighted by atomic mass is 16.6. The molecule has 0 spiro atoms. The van der Waals surface area contributed by atoms with Gasteiger partial charge in [0.2, 0.25) is 0 Å². The highest BCUT2D eigenvalue weighted by Gasteiger charge is 2.35. The second kappa shape index (κ2) is 6.38. The molecule has 22 heavy (non-hydrogen) atoms. The van der Waals surface area contributed by atoms with Crippen LogP contribution in [0, 0.1) is 0 Å². The number of nitrogens with one attached hydrogen (secondary N) is 1. The van der Waals surface area contributed by atoms with Crippen LogP contribution in [0.5, 0.6) is 0 Å². The number of ether oxygens (including phenoxy) is 2. The van der Waals surface area contributed by atoms with Crippen molar-refractivity contribution in [1.82, 2.24) is 5.32 Å². The predicted octanol–water partition coefficient (Wildman–Crippen LogP) is 2.78. The number of alkyl carbamates (subject to hydrolysis) is 1. The van der Waals surface area contributed by atoms with E-state index in [0.717, 1.165) is 11.1 Å². The zero-order valence-corrected chi connectivity index (χ0v) is 13.5. The molecule has 0 saturated heterocycles. The van der Waals surface area contributed by atoms with E-state index in [0.29, 0.717) is 6.42 Å². The average Bonchev–Trinajstić information content (AvgIpc) is 2.74. The zero-order valence-electron chi connectivity index (χ0n) is 13.5. The lowest BCUT2D eigenvalue weighted by atomic mass is 9.95. The van der Waals surface area contributed by atoms with Crippen LogP contribution in [-0.2, 0) is 20.7 Å². The molecule has 1 N–H and O–H groups in total. The SMILES string of the molecule is COC(=O)C[C@@H]1c2ccccc2C[C@H]1NC(=O)OC(C)(C)C. The zero-order chi connectivity index (χ0) is 16.3. The van der Waals surface area contributed by atoms with Crippen LogP contribution in [0.3, 0.4) is 0 Å². The Morgan fingerprint density at radius 2 is 1.95 bits per heavy atom. The number of hydrogen-bond acceptors (Lipinski definition) is 4. The van der Waals surface area contributed by atoms with E-state index < -0.39 is 11.7 Å². The Hall–Kier alpha value is -2.04. The molecular weight excluding hydrogens is 282 g/mol. The van der Waals surface area contributed by atoms with Crippen molar-refractivity contribution >= 4 is 12.1 Å². The van der Waals surface area contributed by atoms with Gasteiger partial charge in [0.1, 0.15) is 5.60 Å². The fourth-order valence-electron chi connectivity index (χ4n) is 2.80. The molecule has 0 unspecified atom stereocenters. The molecule has 0 aromatic heterocycles. The summed E-state index contributed by atoms with van der Waals surface area (Å²) in [7, 11) is 1.37. The first-order chi connectivity index (χ1) is 10.3. The van der Waals surface area contributed by atoms with Gasteiger partial charge in [0, 0.05) is 12.0 Å². The van der Waals surface area contributed by atoms with E-state index in [1.807, 2.05) is 45.0 Å². The molecule has 0 aliphatic heterocycles. The fourth-order valence-corrected chi connectivity index (χ4v) is 2.80. The summed E-state index contributed by atoms with van der Waals surface area (Å²) in [4.78, 5) is 23.7. The van der Waals surface area contributed by atoms with Crippen molar-refractivity contribution in [3.63, 3.8) is 0 Å². The molecule has 1 aliphatic rings. The number of hydrogen-bond donors (Lipinski definition) is 1. The van der Waals surface area contributed by atoms with Gasteiger partial charge in [-0.05, 0) is 38.3 Å². The van der Waals surface area contributed by atoms with Crippen LogP contribution >= 0.6 is 0 Å². The summed E-state index contributed by atoms with van der Waals surface area (Å²) < 4.78 is 10.1. The van der Waals surface area contributed by atoms with Gasteiger partial charge in [-0.25, -0.2) is 4.79 Å². The van der Waals surface area contributed by atoms with Crippen LogP contribution in [0.2, 0.25) is 0 Å². The van der Waals surface area contributed by atoms with E-state index in [1.54, 1.807) is 0 Å². The van der Waals surface area contributed by atoms with Crippen molar-refractivity contribution in [2.24, 2.45) is 0 Å². The molecular formula is C17H23NO4. The largest absolute Gasteiger partial charge is 0.469 e. The number of rotatable bonds is 3. The van der Waals surface area contributed by atoms with Gasteiger partial charge < -0.3 is 14.8 Å². The van der Waals surface area contributed by atoms with Gasteiger partial charge in [-0.2, -0.15) is 0 Å². The summed E-state index contributed by atoms with van der Waals surface area (Å²) >= 11 is 0. The molecule has 1 aromatic carbocycles. The Kier molecular flexibility index (Phi) is 4.74. The van der Waals surface area contributed by atoms with Gasteiger partial charge in [-0.15, -0.1) is 0 Å². The molecule has 0 bridgehead atoms. The fraction of sp³-hybridized carbons (Fsp3) is 0.529. The summed E-state index contributed by atoms with van der Waals surface area (Å²) in [6.07, 6.45) is 0.477. The first-order valence-corrected chi connectivity index (χ1v) is 7.44. The van der Waals surface area contributed by atoms with Crippen LogP contribution in [0.25, 0.3) is 0 Å². The highest BCUT2D eigenvalue weighted by molar-refractivity contribution is 5.72. The number of esters is 1. The van der Waals surface area contributed by atoms with Crippen LogP contribution in [0.1, 0.15) is 44.2 Å². The molecule has 0 radical (unpaired) electrons. The molecule has 1 aliphatic carbocycles. The standard InChI is InChI=1S/C17H23NO4/c1-17(2,3)22-16(20)18-14-9-11-7-5-6-8-12(11)13(14)10-15(19)21-4/h5-8,13-14H,9-10H2,1-4H3,(H,18,20)/t13-,14-/m1/s1. The van der Waals surface area contributed by atoms with Gasteiger partial charge in [0.15, 0.2) is 0 Å². The molecule has 5 nitrogen and oxygen atoms in total. The van der Waals surface area contributed by atoms with E-state index >= 15 is 0 Å². The van der Waals surface area contributed by atoms with Gasteiger partial charge in [0.25, 0.3) is 0 Å². The topological polar surface area (TPSA) is 64.6 Å². The maximum absolute atomic E-state index is 12.0. The predicted molar refractivity (Wildman–Crippen MR) is 82.7 cm³/mol. The van der Waals surface area contributed by atoms with Gasteiger partial charge in [-0.3, -0.25) is 4.79 Å². The summed E-state index contributed by atoms with van der Waals surface area (Å²) in [5, 5.41) is 2.89. The number of benzene rings is 1. The Bertz CT molecular complexity index is 562. The molecule has 2 rings (SSSR count). The lowest BCUT2D eigenvalue weighted by molar-refractivity contribution is -0.141. The minimum absolute atomic E-state index is 0.0869. The quantitative estimate of drug-likeness (QED) is 0.872.